The van der Waals surface area contributed by atoms with E-state index in [4.69, 9.17) is 4.98 Å². The molecule has 0 aliphatic carbocycles. The Kier molecular flexibility index (Phi) is 6.29. The lowest BCUT2D eigenvalue weighted by atomic mass is 10.1. The van der Waals surface area contributed by atoms with E-state index in [1.165, 1.54) is 0 Å². The number of aryl methyl sites for hydroxylation is 1. The molecule has 178 valence electrons. The summed E-state index contributed by atoms with van der Waals surface area (Å²) >= 11 is 3.35. The quantitative estimate of drug-likeness (QED) is 0.272. The number of aromatic nitrogens is 4. The number of para-hydroxylation sites is 4. The molecule has 5 aromatic rings. The SMILES string of the molecule is CC(C)CC[n+]1cn(-c2nc3ccccc3nc2NS(=O)(=O)c2ccc(Br)cc2)c2ccccc21. The molecule has 1 N–H and O–H groups in total. The lowest BCUT2D eigenvalue weighted by Crippen LogP contribution is -2.33. The van der Waals surface area contributed by atoms with Crippen molar-refractivity contribution < 1.29 is 13.0 Å². The Morgan fingerprint density at radius 3 is 2.31 bits per heavy atom. The number of rotatable bonds is 7. The summed E-state index contributed by atoms with van der Waals surface area (Å²) in [6, 6.07) is 22.0. The third-order valence-corrected chi connectivity index (χ3v) is 7.67. The van der Waals surface area contributed by atoms with Crippen LogP contribution in [0.1, 0.15) is 20.3 Å². The first kappa shape index (κ1) is 23.4. The van der Waals surface area contributed by atoms with Crippen LogP contribution in [0.15, 0.2) is 88.5 Å². The smallest absolute Gasteiger partial charge is 0.258 e. The monoisotopic (exact) mass is 550 g/mol. The number of halogens is 1. The van der Waals surface area contributed by atoms with Crippen LogP contribution >= 0.6 is 15.9 Å². The van der Waals surface area contributed by atoms with Gasteiger partial charge >= 0.3 is 0 Å². The summed E-state index contributed by atoms with van der Waals surface area (Å²) in [5.74, 6) is 1.14. The number of anilines is 1. The normalized spacial score (nSPS) is 12.0. The number of benzene rings is 3. The van der Waals surface area contributed by atoms with Gasteiger partial charge in [0.25, 0.3) is 22.2 Å². The van der Waals surface area contributed by atoms with E-state index in [-0.39, 0.29) is 10.7 Å². The molecule has 0 fully saturated rings. The van der Waals surface area contributed by atoms with Gasteiger partial charge in [-0.1, -0.05) is 54.0 Å². The zero-order chi connectivity index (χ0) is 24.6. The van der Waals surface area contributed by atoms with Gasteiger partial charge in [0, 0.05) is 4.47 Å². The Labute approximate surface area is 212 Å². The highest BCUT2D eigenvalue weighted by atomic mass is 79.9. The van der Waals surface area contributed by atoms with E-state index >= 15 is 0 Å². The molecule has 2 aromatic heterocycles. The molecule has 0 spiro atoms. The van der Waals surface area contributed by atoms with Crippen molar-refractivity contribution in [3.63, 3.8) is 0 Å². The molecule has 0 saturated carbocycles. The summed E-state index contributed by atoms with van der Waals surface area (Å²) in [4.78, 5) is 9.67. The minimum absolute atomic E-state index is 0.144. The predicted octanol–water partition coefficient (Wildman–Crippen LogP) is 5.47. The number of nitrogens with one attached hydrogen (secondary N) is 1. The van der Waals surface area contributed by atoms with Crippen LogP contribution in [-0.4, -0.2) is 23.0 Å². The third-order valence-electron chi connectivity index (χ3n) is 5.79. The van der Waals surface area contributed by atoms with Crippen molar-refractivity contribution in [1.29, 1.82) is 0 Å². The second-order valence-electron chi connectivity index (χ2n) is 8.79. The lowest BCUT2D eigenvalue weighted by molar-refractivity contribution is -0.673. The third kappa shape index (κ3) is 4.78. The van der Waals surface area contributed by atoms with Gasteiger partial charge < -0.3 is 0 Å². The van der Waals surface area contributed by atoms with Crippen molar-refractivity contribution >= 4 is 53.8 Å². The Bertz CT molecular complexity index is 1630. The molecule has 3 aromatic carbocycles. The summed E-state index contributed by atoms with van der Waals surface area (Å²) in [6.07, 6.45) is 2.99. The van der Waals surface area contributed by atoms with Gasteiger partial charge in [-0.25, -0.2) is 23.0 Å². The van der Waals surface area contributed by atoms with Crippen molar-refractivity contribution in [2.75, 3.05) is 4.72 Å². The Morgan fingerprint density at radius 2 is 1.60 bits per heavy atom. The molecule has 0 aliphatic rings. The van der Waals surface area contributed by atoms with Crippen LogP contribution in [-0.2, 0) is 16.6 Å². The van der Waals surface area contributed by atoms with E-state index < -0.39 is 10.0 Å². The number of hydrogen-bond acceptors (Lipinski definition) is 4. The van der Waals surface area contributed by atoms with E-state index in [0.29, 0.717) is 22.8 Å². The number of sulfonamides is 1. The van der Waals surface area contributed by atoms with Gasteiger partial charge in [0.2, 0.25) is 5.82 Å². The minimum Gasteiger partial charge on any atom is -0.258 e. The largest absolute Gasteiger partial charge is 0.270 e. The number of fused-ring (bicyclic) bond motifs is 2. The van der Waals surface area contributed by atoms with Crippen molar-refractivity contribution in [2.24, 2.45) is 5.92 Å². The van der Waals surface area contributed by atoms with E-state index in [9.17, 15) is 8.42 Å². The van der Waals surface area contributed by atoms with Gasteiger partial charge in [-0.15, -0.1) is 0 Å². The van der Waals surface area contributed by atoms with Crippen molar-refractivity contribution in [1.82, 2.24) is 14.5 Å². The summed E-state index contributed by atoms with van der Waals surface area (Å²) in [7, 11) is -3.89. The van der Waals surface area contributed by atoms with Crippen molar-refractivity contribution in [3.8, 4) is 5.82 Å². The molecule has 35 heavy (non-hydrogen) atoms. The molecule has 0 aliphatic heterocycles. The lowest BCUT2D eigenvalue weighted by Gasteiger charge is -2.11. The zero-order valence-electron chi connectivity index (χ0n) is 19.4. The Balaban J connectivity index is 1.69. The number of imidazole rings is 1. The number of nitrogens with zero attached hydrogens (tertiary/aromatic N) is 4. The predicted molar refractivity (Wildman–Crippen MR) is 141 cm³/mol. The van der Waals surface area contributed by atoms with Crippen molar-refractivity contribution in [3.05, 3.63) is 83.6 Å². The first-order valence-corrected chi connectivity index (χ1v) is 13.6. The fourth-order valence-electron chi connectivity index (χ4n) is 3.95. The van der Waals surface area contributed by atoms with Gasteiger partial charge in [0.1, 0.15) is 0 Å². The molecular formula is C26H25BrN5O2S+. The topological polar surface area (TPSA) is 80.8 Å². The maximum atomic E-state index is 13.3. The maximum absolute atomic E-state index is 13.3. The Hall–Kier alpha value is -3.30. The fraction of sp³-hybridized carbons (Fsp3) is 0.192. The van der Waals surface area contributed by atoms with E-state index in [1.54, 1.807) is 24.3 Å². The van der Waals surface area contributed by atoms with Gasteiger partial charge in [-0.05, 0) is 60.9 Å². The van der Waals surface area contributed by atoms with Gasteiger partial charge in [0.05, 0.1) is 22.5 Å². The second-order valence-corrected chi connectivity index (χ2v) is 11.4. The molecule has 2 heterocycles. The maximum Gasteiger partial charge on any atom is 0.270 e. The molecule has 7 nitrogen and oxygen atoms in total. The minimum atomic E-state index is -3.89. The summed E-state index contributed by atoms with van der Waals surface area (Å²) in [5.41, 5.74) is 3.25. The van der Waals surface area contributed by atoms with Crippen LogP contribution in [0.2, 0.25) is 0 Å². The molecule has 0 amide bonds. The van der Waals surface area contributed by atoms with E-state index in [2.05, 4.69) is 50.1 Å². The summed E-state index contributed by atoms with van der Waals surface area (Å²) < 4.78 is 34.1. The zero-order valence-corrected chi connectivity index (χ0v) is 21.8. The molecule has 0 saturated heterocycles. The van der Waals surface area contributed by atoms with Crippen molar-refractivity contribution in [2.45, 2.75) is 31.7 Å². The summed E-state index contributed by atoms with van der Waals surface area (Å²) in [5, 5.41) is 0. The van der Waals surface area contributed by atoms with Gasteiger partial charge in [-0.3, -0.25) is 4.72 Å². The van der Waals surface area contributed by atoms with Crippen LogP contribution < -0.4 is 9.29 Å². The molecular weight excluding hydrogens is 526 g/mol. The standard InChI is InChI=1S/C26H25BrN5O2S/c1-18(2)15-16-31-17-32(24-10-6-5-9-23(24)31)26-25(28-21-7-3-4-8-22(21)29-26)30-35(33,34)20-13-11-19(27)12-14-20/h3-14,17-18H,15-16H2,1-2H3,(H,28,30)/q+1. The number of hydrogen-bond donors (Lipinski definition) is 1. The molecule has 5 rings (SSSR count). The Morgan fingerprint density at radius 1 is 0.943 bits per heavy atom. The van der Waals surface area contributed by atoms with Crippen LogP contribution in [0.25, 0.3) is 27.9 Å². The highest BCUT2D eigenvalue weighted by molar-refractivity contribution is 9.10. The average molecular weight is 551 g/mol. The molecule has 0 bridgehead atoms. The van der Waals surface area contributed by atoms with Gasteiger partial charge in [-0.2, -0.15) is 4.57 Å². The van der Waals surface area contributed by atoms with E-state index in [1.807, 2.05) is 53.4 Å². The van der Waals surface area contributed by atoms with Crippen LogP contribution in [0, 0.1) is 5.92 Å². The molecule has 9 heteroatoms. The first-order valence-electron chi connectivity index (χ1n) is 11.4. The van der Waals surface area contributed by atoms with Crippen LogP contribution in [0.4, 0.5) is 5.82 Å². The second kappa shape index (κ2) is 9.39. The molecule has 0 radical (unpaired) electrons. The highest BCUT2D eigenvalue weighted by Gasteiger charge is 2.25. The first-order chi connectivity index (χ1) is 16.8. The molecule has 0 atom stereocenters. The van der Waals surface area contributed by atoms with Crippen LogP contribution in [0.3, 0.4) is 0 Å². The van der Waals surface area contributed by atoms with Gasteiger partial charge in [0.15, 0.2) is 11.0 Å². The fourth-order valence-corrected chi connectivity index (χ4v) is 5.21. The average Bonchev–Trinajstić information content (AvgIpc) is 3.21. The molecule has 0 unspecified atom stereocenters. The summed E-state index contributed by atoms with van der Waals surface area (Å²) in [6.45, 7) is 5.24. The van der Waals surface area contributed by atoms with E-state index in [0.717, 1.165) is 28.5 Å². The highest BCUT2D eigenvalue weighted by Crippen LogP contribution is 2.26. The van der Waals surface area contributed by atoms with Crippen LogP contribution in [0.5, 0.6) is 0 Å².